The number of ether oxygens (including phenoxy) is 1. The second-order valence-electron chi connectivity index (χ2n) is 4.25. The first-order valence-corrected chi connectivity index (χ1v) is 6.06. The summed E-state index contributed by atoms with van der Waals surface area (Å²) in [5.74, 6) is -1.38. The summed E-state index contributed by atoms with van der Waals surface area (Å²) in [6.45, 7) is 1.97. The molecular weight excluding hydrogens is 254 g/mol. The number of nitrogens with one attached hydrogen (secondary N) is 1. The molecule has 8 heteroatoms. The van der Waals surface area contributed by atoms with Crippen LogP contribution in [0.15, 0.2) is 0 Å². The number of urea groups is 1. The van der Waals surface area contributed by atoms with Crippen LogP contribution in [0.5, 0.6) is 0 Å². The summed E-state index contributed by atoms with van der Waals surface area (Å²) >= 11 is 0. The minimum absolute atomic E-state index is 0.0163. The molecule has 0 aromatic carbocycles. The maximum Gasteiger partial charge on any atom is 0.325 e. The Bertz CT molecular complexity index is 347. The molecule has 0 saturated carbocycles. The topological polar surface area (TPSA) is 99.2 Å². The van der Waals surface area contributed by atoms with Gasteiger partial charge >= 0.3 is 18.0 Å². The lowest BCUT2D eigenvalue weighted by atomic mass is 10.4. The number of amides is 2. The largest absolute Gasteiger partial charge is 0.480 e. The number of rotatable bonds is 4. The molecule has 19 heavy (non-hydrogen) atoms. The van der Waals surface area contributed by atoms with Gasteiger partial charge in [-0.2, -0.15) is 0 Å². The fourth-order valence-corrected chi connectivity index (χ4v) is 1.86. The SMILES string of the molecule is COC(=O)CNC(=O)N1CCCN(CC(=O)O)CC1. The van der Waals surface area contributed by atoms with Crippen LogP contribution in [0, 0.1) is 0 Å². The van der Waals surface area contributed by atoms with Crippen molar-refractivity contribution < 1.29 is 24.2 Å². The second-order valence-corrected chi connectivity index (χ2v) is 4.25. The van der Waals surface area contributed by atoms with Crippen LogP contribution < -0.4 is 5.32 Å². The summed E-state index contributed by atoms with van der Waals surface area (Å²) in [5.41, 5.74) is 0. The standard InChI is InChI=1S/C11H19N3O5/c1-19-10(17)7-12-11(18)14-4-2-3-13(5-6-14)8-9(15)16/h2-8H2,1H3,(H,12,18)(H,15,16). The molecule has 0 spiro atoms. The van der Waals surface area contributed by atoms with E-state index in [9.17, 15) is 14.4 Å². The number of hydrogen-bond acceptors (Lipinski definition) is 5. The highest BCUT2D eigenvalue weighted by Gasteiger charge is 2.20. The van der Waals surface area contributed by atoms with Gasteiger partial charge in [0.25, 0.3) is 0 Å². The molecule has 0 unspecified atom stereocenters. The number of nitrogens with zero attached hydrogens (tertiary/aromatic N) is 2. The lowest BCUT2D eigenvalue weighted by molar-refractivity contribution is -0.139. The number of carbonyl (C=O) groups is 3. The van der Waals surface area contributed by atoms with Gasteiger partial charge in [-0.25, -0.2) is 4.79 Å². The summed E-state index contributed by atoms with van der Waals surface area (Å²) in [6.07, 6.45) is 0.707. The summed E-state index contributed by atoms with van der Waals surface area (Å²) in [4.78, 5) is 36.7. The number of carboxylic acids is 1. The molecule has 1 saturated heterocycles. The Labute approximate surface area is 111 Å². The van der Waals surface area contributed by atoms with Gasteiger partial charge in [0.2, 0.25) is 0 Å². The van der Waals surface area contributed by atoms with E-state index >= 15 is 0 Å². The van der Waals surface area contributed by atoms with Gasteiger partial charge in [-0.05, 0) is 6.42 Å². The predicted octanol–water partition coefficient (Wildman–Crippen LogP) is -1.04. The van der Waals surface area contributed by atoms with Crippen molar-refractivity contribution in [1.29, 1.82) is 0 Å². The van der Waals surface area contributed by atoms with Gasteiger partial charge in [0, 0.05) is 26.2 Å². The van der Waals surface area contributed by atoms with E-state index in [1.165, 1.54) is 7.11 Å². The molecule has 8 nitrogen and oxygen atoms in total. The van der Waals surface area contributed by atoms with Crippen LogP contribution in [0.2, 0.25) is 0 Å². The second kappa shape index (κ2) is 7.57. The van der Waals surface area contributed by atoms with Gasteiger partial charge in [0.15, 0.2) is 0 Å². The quantitative estimate of drug-likeness (QED) is 0.635. The molecule has 2 N–H and O–H groups in total. The zero-order valence-corrected chi connectivity index (χ0v) is 10.9. The average molecular weight is 273 g/mol. The molecule has 0 atom stereocenters. The molecule has 0 aliphatic carbocycles. The van der Waals surface area contributed by atoms with Crippen LogP contribution in [0.1, 0.15) is 6.42 Å². The lowest BCUT2D eigenvalue weighted by Gasteiger charge is -2.21. The van der Waals surface area contributed by atoms with E-state index in [1.807, 2.05) is 0 Å². The van der Waals surface area contributed by atoms with Crippen LogP contribution in [0.3, 0.4) is 0 Å². The van der Waals surface area contributed by atoms with Crippen LogP contribution in [0.25, 0.3) is 0 Å². The third kappa shape index (κ3) is 5.56. The van der Waals surface area contributed by atoms with Crippen molar-refractivity contribution in [2.75, 3.05) is 46.4 Å². The van der Waals surface area contributed by atoms with Crippen LogP contribution in [0.4, 0.5) is 4.79 Å². The van der Waals surface area contributed by atoms with Gasteiger partial charge in [-0.3, -0.25) is 14.5 Å². The minimum atomic E-state index is -0.872. The Balaban J connectivity index is 2.37. The van der Waals surface area contributed by atoms with E-state index < -0.39 is 11.9 Å². The van der Waals surface area contributed by atoms with Crippen molar-refractivity contribution in [3.8, 4) is 0 Å². The van der Waals surface area contributed by atoms with E-state index in [0.717, 1.165) is 0 Å². The lowest BCUT2D eigenvalue weighted by Crippen LogP contribution is -2.44. The minimum Gasteiger partial charge on any atom is -0.480 e. The molecule has 2 amide bonds. The van der Waals surface area contributed by atoms with Crippen molar-refractivity contribution in [1.82, 2.24) is 15.1 Å². The van der Waals surface area contributed by atoms with Crippen molar-refractivity contribution in [3.63, 3.8) is 0 Å². The van der Waals surface area contributed by atoms with Crippen molar-refractivity contribution in [2.24, 2.45) is 0 Å². The monoisotopic (exact) mass is 273 g/mol. The summed E-state index contributed by atoms with van der Waals surface area (Å²) < 4.78 is 4.43. The van der Waals surface area contributed by atoms with Crippen molar-refractivity contribution in [3.05, 3.63) is 0 Å². The fraction of sp³-hybridized carbons (Fsp3) is 0.727. The fourth-order valence-electron chi connectivity index (χ4n) is 1.86. The van der Waals surface area contributed by atoms with E-state index in [0.29, 0.717) is 32.6 Å². The van der Waals surface area contributed by atoms with Crippen LogP contribution in [-0.4, -0.2) is 79.3 Å². The maximum atomic E-state index is 11.8. The maximum absolute atomic E-state index is 11.8. The van der Waals surface area contributed by atoms with Gasteiger partial charge in [0.1, 0.15) is 6.54 Å². The molecule has 1 rings (SSSR count). The third-order valence-electron chi connectivity index (χ3n) is 2.85. The zero-order chi connectivity index (χ0) is 14.3. The first-order valence-electron chi connectivity index (χ1n) is 6.06. The van der Waals surface area contributed by atoms with E-state index in [4.69, 9.17) is 5.11 Å². The smallest absolute Gasteiger partial charge is 0.325 e. The highest BCUT2D eigenvalue weighted by atomic mass is 16.5. The summed E-state index contributed by atoms with van der Waals surface area (Å²) in [6, 6.07) is -0.331. The molecule has 0 radical (unpaired) electrons. The molecule has 1 heterocycles. The zero-order valence-electron chi connectivity index (χ0n) is 10.9. The summed E-state index contributed by atoms with van der Waals surface area (Å²) in [5, 5.41) is 11.2. The Hall–Kier alpha value is -1.83. The third-order valence-corrected chi connectivity index (χ3v) is 2.85. The molecule has 108 valence electrons. The Morgan fingerprint density at radius 3 is 2.58 bits per heavy atom. The molecule has 1 fully saturated rings. The highest BCUT2D eigenvalue weighted by molar-refractivity contribution is 5.80. The molecule has 0 bridgehead atoms. The van der Waals surface area contributed by atoms with E-state index in [1.54, 1.807) is 9.80 Å². The number of methoxy groups -OCH3 is 1. The molecule has 0 aromatic rings. The van der Waals surface area contributed by atoms with Crippen molar-refractivity contribution in [2.45, 2.75) is 6.42 Å². The molecule has 1 aliphatic rings. The number of carboxylic acid groups (broad SMARTS) is 1. The van der Waals surface area contributed by atoms with Crippen LogP contribution in [-0.2, 0) is 14.3 Å². The Morgan fingerprint density at radius 2 is 1.95 bits per heavy atom. The summed E-state index contributed by atoms with van der Waals surface area (Å²) in [7, 11) is 1.25. The highest BCUT2D eigenvalue weighted by Crippen LogP contribution is 2.03. The molecule has 1 aliphatic heterocycles. The van der Waals surface area contributed by atoms with E-state index in [-0.39, 0.29) is 19.1 Å². The number of esters is 1. The van der Waals surface area contributed by atoms with E-state index in [2.05, 4.69) is 10.1 Å². The normalized spacial score (nSPS) is 16.6. The Morgan fingerprint density at radius 1 is 1.21 bits per heavy atom. The van der Waals surface area contributed by atoms with Gasteiger partial charge in [-0.15, -0.1) is 0 Å². The average Bonchev–Trinajstić information content (AvgIpc) is 2.60. The number of carbonyl (C=O) groups excluding carboxylic acids is 2. The number of hydrogen-bond donors (Lipinski definition) is 2. The molecule has 0 aromatic heterocycles. The number of aliphatic carboxylic acids is 1. The van der Waals surface area contributed by atoms with Gasteiger partial charge < -0.3 is 20.1 Å². The van der Waals surface area contributed by atoms with Crippen LogP contribution >= 0.6 is 0 Å². The Kier molecular flexibility index (Phi) is 6.07. The first kappa shape index (κ1) is 15.2. The van der Waals surface area contributed by atoms with Gasteiger partial charge in [0.05, 0.1) is 13.7 Å². The predicted molar refractivity (Wildman–Crippen MR) is 65.7 cm³/mol. The van der Waals surface area contributed by atoms with Crippen molar-refractivity contribution >= 4 is 18.0 Å². The first-order chi connectivity index (χ1) is 9.02. The molecular formula is C11H19N3O5. The van der Waals surface area contributed by atoms with Gasteiger partial charge in [-0.1, -0.05) is 0 Å².